The van der Waals surface area contributed by atoms with E-state index in [1.54, 1.807) is 0 Å². The van der Waals surface area contributed by atoms with Crippen molar-refractivity contribution in [2.75, 3.05) is 6.54 Å². The van der Waals surface area contributed by atoms with E-state index < -0.39 is 0 Å². The molecule has 1 amide bonds. The van der Waals surface area contributed by atoms with Crippen LogP contribution in [-0.4, -0.2) is 29.0 Å². The maximum absolute atomic E-state index is 12.2. The van der Waals surface area contributed by atoms with Crippen LogP contribution in [0.15, 0.2) is 12.1 Å². The van der Waals surface area contributed by atoms with Crippen LogP contribution in [0.25, 0.3) is 0 Å². The molecule has 0 bridgehead atoms. The van der Waals surface area contributed by atoms with Crippen molar-refractivity contribution in [2.24, 2.45) is 17.8 Å². The molecule has 132 valence electrons. The van der Waals surface area contributed by atoms with Crippen molar-refractivity contribution >= 4 is 12.4 Å². The third-order valence-corrected chi connectivity index (χ3v) is 5.30. The van der Waals surface area contributed by atoms with Gasteiger partial charge in [0.15, 0.2) is 0 Å². The van der Waals surface area contributed by atoms with Gasteiger partial charge in [0.2, 0.25) is 5.91 Å². The fourth-order valence-corrected chi connectivity index (χ4v) is 4.46. The monoisotopic (exact) mass is 332 g/mol. The van der Waals surface area contributed by atoms with Crippen LogP contribution >= 0.6 is 0 Å². The van der Waals surface area contributed by atoms with E-state index in [-0.39, 0.29) is 12.4 Å². The second kappa shape index (κ2) is 8.81. The first-order valence-corrected chi connectivity index (χ1v) is 8.82. The molecule has 2 saturated carbocycles. The number of hydrogen-bond donors (Lipinski definition) is 2. The van der Waals surface area contributed by atoms with Crippen LogP contribution in [0.4, 0.5) is 0 Å². The molecular weight excluding hydrogens is 304 g/mol. The number of carbonyl (C=O) groups is 2. The van der Waals surface area contributed by atoms with Crippen LogP contribution in [-0.2, 0) is 16.0 Å². The molecule has 0 radical (unpaired) electrons. The van der Waals surface area contributed by atoms with E-state index in [9.17, 15) is 4.79 Å². The van der Waals surface area contributed by atoms with Crippen LogP contribution in [0.3, 0.4) is 0 Å². The van der Waals surface area contributed by atoms with E-state index in [4.69, 9.17) is 9.90 Å². The van der Waals surface area contributed by atoms with Gasteiger partial charge in [0.25, 0.3) is 6.47 Å². The summed E-state index contributed by atoms with van der Waals surface area (Å²) in [6, 6.07) is 4.02. The lowest BCUT2D eigenvalue weighted by molar-refractivity contribution is -0.123. The Morgan fingerprint density at radius 1 is 1.25 bits per heavy atom. The Bertz CT molecular complexity index is 553. The minimum absolute atomic E-state index is 0.154. The summed E-state index contributed by atoms with van der Waals surface area (Å²) in [6.07, 6.45) is 7.37. The van der Waals surface area contributed by atoms with Crippen molar-refractivity contribution in [3.63, 3.8) is 0 Å². The van der Waals surface area contributed by atoms with Gasteiger partial charge < -0.3 is 10.4 Å². The summed E-state index contributed by atoms with van der Waals surface area (Å²) in [5, 5.41) is 10.1. The summed E-state index contributed by atoms with van der Waals surface area (Å²) in [5.74, 6) is 2.72. The number of nitrogens with zero attached hydrogens (tertiary/aromatic N) is 1. The second-order valence-corrected chi connectivity index (χ2v) is 7.04. The zero-order valence-corrected chi connectivity index (χ0v) is 14.6. The minimum Gasteiger partial charge on any atom is -0.483 e. The number of carbonyl (C=O) groups excluding carboxylic acids is 1. The Hall–Kier alpha value is -1.91. The molecule has 0 saturated heterocycles. The van der Waals surface area contributed by atoms with E-state index in [0.717, 1.165) is 41.2 Å². The molecule has 5 nitrogen and oxygen atoms in total. The normalized spacial score (nSPS) is 24.7. The molecule has 0 unspecified atom stereocenters. The maximum atomic E-state index is 12.2. The number of pyridine rings is 1. The molecule has 5 heteroatoms. The van der Waals surface area contributed by atoms with E-state index in [1.807, 2.05) is 26.0 Å². The molecule has 0 spiro atoms. The summed E-state index contributed by atoms with van der Waals surface area (Å²) in [6.45, 7) is 4.59. The van der Waals surface area contributed by atoms with E-state index in [0.29, 0.717) is 6.42 Å². The first-order chi connectivity index (χ1) is 11.5. The maximum Gasteiger partial charge on any atom is 0.290 e. The second-order valence-electron chi connectivity index (χ2n) is 7.04. The molecule has 3 atom stereocenters. The van der Waals surface area contributed by atoms with E-state index in [2.05, 4.69) is 10.3 Å². The molecule has 0 aliphatic heterocycles. The fourth-order valence-electron chi connectivity index (χ4n) is 4.46. The summed E-state index contributed by atoms with van der Waals surface area (Å²) in [7, 11) is 0. The number of aromatic nitrogens is 1. The lowest BCUT2D eigenvalue weighted by atomic mass is 9.92. The molecular formula is C19H28N2O3. The van der Waals surface area contributed by atoms with Gasteiger partial charge in [0, 0.05) is 17.9 Å². The number of rotatable bonds is 4. The number of aryl methyl sites for hydroxylation is 2. The molecule has 2 N–H and O–H groups in total. The van der Waals surface area contributed by atoms with Crippen molar-refractivity contribution in [3.8, 4) is 0 Å². The average molecular weight is 332 g/mol. The number of fused-ring (bicyclic) bond motifs is 1. The Balaban J connectivity index is 0.000000647. The minimum atomic E-state index is -0.250. The molecule has 1 aromatic heterocycles. The molecule has 3 rings (SSSR count). The summed E-state index contributed by atoms with van der Waals surface area (Å²) in [5.41, 5.74) is 3.05. The van der Waals surface area contributed by atoms with Crippen molar-refractivity contribution in [1.82, 2.24) is 10.3 Å². The lowest BCUT2D eigenvalue weighted by Crippen LogP contribution is -2.32. The third-order valence-electron chi connectivity index (χ3n) is 5.30. The van der Waals surface area contributed by atoms with Gasteiger partial charge in [0.1, 0.15) is 0 Å². The molecule has 2 aliphatic rings. The van der Waals surface area contributed by atoms with Gasteiger partial charge >= 0.3 is 0 Å². The summed E-state index contributed by atoms with van der Waals surface area (Å²) < 4.78 is 0. The first kappa shape index (κ1) is 18.4. The highest BCUT2D eigenvalue weighted by Crippen LogP contribution is 2.47. The average Bonchev–Trinajstić information content (AvgIpc) is 3.08. The number of hydrogen-bond acceptors (Lipinski definition) is 3. The highest BCUT2D eigenvalue weighted by Gasteiger charge is 2.38. The van der Waals surface area contributed by atoms with Gasteiger partial charge in [-0.1, -0.05) is 12.8 Å². The quantitative estimate of drug-likeness (QED) is 0.831. The van der Waals surface area contributed by atoms with Crippen LogP contribution in [0.2, 0.25) is 0 Å². The molecule has 2 aliphatic carbocycles. The molecule has 1 aromatic rings. The zero-order valence-electron chi connectivity index (χ0n) is 14.6. The SMILES string of the molecule is Cc1cc(CC(=O)NC[C@H]2CC[C@@H]3CCC[C@@H]32)cc(C)n1.O=CO. The van der Waals surface area contributed by atoms with Gasteiger partial charge in [-0.05, 0) is 68.6 Å². The van der Waals surface area contributed by atoms with Gasteiger partial charge in [-0.2, -0.15) is 0 Å². The van der Waals surface area contributed by atoms with Crippen LogP contribution in [0.5, 0.6) is 0 Å². The molecule has 2 fully saturated rings. The van der Waals surface area contributed by atoms with Crippen molar-refractivity contribution in [1.29, 1.82) is 0 Å². The van der Waals surface area contributed by atoms with Gasteiger partial charge in [-0.3, -0.25) is 14.6 Å². The zero-order chi connectivity index (χ0) is 17.5. The summed E-state index contributed by atoms with van der Waals surface area (Å²) in [4.78, 5) is 24.9. The van der Waals surface area contributed by atoms with Crippen LogP contribution in [0, 0.1) is 31.6 Å². The predicted octanol–water partition coefficient (Wildman–Crippen LogP) is 2.88. The molecule has 24 heavy (non-hydrogen) atoms. The lowest BCUT2D eigenvalue weighted by Gasteiger charge is -2.19. The number of nitrogens with one attached hydrogen (secondary N) is 1. The first-order valence-electron chi connectivity index (χ1n) is 8.82. The molecule has 0 aromatic carbocycles. The smallest absolute Gasteiger partial charge is 0.290 e. The van der Waals surface area contributed by atoms with Gasteiger partial charge in [-0.25, -0.2) is 0 Å². The Labute approximate surface area is 143 Å². The fraction of sp³-hybridized carbons (Fsp3) is 0.632. The Morgan fingerprint density at radius 2 is 1.92 bits per heavy atom. The Morgan fingerprint density at radius 3 is 2.58 bits per heavy atom. The Kier molecular flexibility index (Phi) is 6.76. The van der Waals surface area contributed by atoms with E-state index >= 15 is 0 Å². The summed E-state index contributed by atoms with van der Waals surface area (Å²) >= 11 is 0. The topological polar surface area (TPSA) is 79.3 Å². The predicted molar refractivity (Wildman–Crippen MR) is 92.7 cm³/mol. The number of amides is 1. The largest absolute Gasteiger partial charge is 0.483 e. The highest BCUT2D eigenvalue weighted by molar-refractivity contribution is 5.78. The van der Waals surface area contributed by atoms with Crippen molar-refractivity contribution in [3.05, 3.63) is 29.1 Å². The highest BCUT2D eigenvalue weighted by atomic mass is 16.3. The van der Waals surface area contributed by atoms with Crippen molar-refractivity contribution < 1.29 is 14.7 Å². The van der Waals surface area contributed by atoms with Crippen LogP contribution < -0.4 is 5.32 Å². The van der Waals surface area contributed by atoms with Crippen molar-refractivity contribution in [2.45, 2.75) is 52.4 Å². The van der Waals surface area contributed by atoms with Gasteiger partial charge in [0.05, 0.1) is 6.42 Å². The third kappa shape index (κ3) is 5.05. The standard InChI is InChI=1S/C18H26N2O.CH2O2/c1-12-8-14(9-13(2)20-12)10-18(21)19-11-16-7-6-15-4-3-5-17(15)16;2-1-3/h8-9,15-17H,3-7,10-11H2,1-2H3,(H,19,21);1H,(H,2,3)/t15-,16+,17-;/m0./s1. The molecule has 1 heterocycles. The number of carboxylic acid groups (broad SMARTS) is 1. The van der Waals surface area contributed by atoms with E-state index in [1.165, 1.54) is 32.1 Å². The van der Waals surface area contributed by atoms with Gasteiger partial charge in [-0.15, -0.1) is 0 Å². The van der Waals surface area contributed by atoms with Crippen LogP contribution in [0.1, 0.15) is 49.1 Å².